The van der Waals surface area contributed by atoms with Crippen molar-refractivity contribution in [3.8, 4) is 170 Å². The zero-order valence-electron chi connectivity index (χ0n) is 77.6. The number of para-hydroxylation sites is 9. The Bertz CT molecular complexity index is 9560. The molecule has 0 spiro atoms. The van der Waals surface area contributed by atoms with Gasteiger partial charge in [0, 0.05) is 149 Å². The maximum Gasteiger partial charge on any atom is 0.307 e. The van der Waals surface area contributed by atoms with Gasteiger partial charge >= 0.3 is 18.0 Å². The van der Waals surface area contributed by atoms with E-state index in [-0.39, 0.29) is 97.7 Å². The van der Waals surface area contributed by atoms with Gasteiger partial charge in [-0.1, -0.05) is 300 Å². The van der Waals surface area contributed by atoms with E-state index in [1.54, 1.807) is 36.5 Å². The van der Waals surface area contributed by atoms with Crippen LogP contribution in [0.5, 0.6) is 52.5 Å². The van der Waals surface area contributed by atoms with Crippen molar-refractivity contribution in [2.75, 3.05) is 0 Å². The molecule has 9 aromatic heterocycles. The summed E-state index contributed by atoms with van der Waals surface area (Å²) < 4.78 is 43.3. The van der Waals surface area contributed by atoms with Crippen LogP contribution in [-0.2, 0) is 63.2 Å². The number of phenols is 3. The first-order valence-corrected chi connectivity index (χ1v) is 46.9. The van der Waals surface area contributed by atoms with E-state index in [1.807, 2.05) is 366 Å². The molecule has 0 amide bonds. The van der Waals surface area contributed by atoms with Crippen molar-refractivity contribution in [2.24, 2.45) is 0 Å². The van der Waals surface area contributed by atoms with E-state index in [9.17, 15) is 15.3 Å². The molecule has 18 nitrogen and oxygen atoms in total. The SMILES string of the molecule is Oc1cc2oc3ccccc3c2cc1Oc1nc2c(-c3[c-]c(-c4cc(-c5ccccc5)ccn4)cc(-c4ccccc4)c3)cccc2n1-c1ccccc1.Oc1cc2oc3ccccc3c2cc1Oc1nc2c(-c3[c-]c(-c4cc(-c5ccccc5)ccn4)ccc3)cccc2n1-c1ccccc1.Oc1cc2oc3ccccc3c2cc1Oc1nc2c(-c3[c-]c(-c4ccccn4)ccc3)cccc2n1-c1ccccc1.[Pt].[Pt].[Pt]. The molecule has 0 radical (unpaired) electrons. The minimum Gasteiger partial charge on any atom is -0.504 e. The van der Waals surface area contributed by atoms with Crippen molar-refractivity contribution in [3.05, 3.63) is 474 Å². The molecule has 0 fully saturated rings. The van der Waals surface area contributed by atoms with Crippen LogP contribution in [0.4, 0.5) is 0 Å². The number of aromatic nitrogens is 9. The molecule has 27 rings (SSSR count). The Labute approximate surface area is 884 Å². The van der Waals surface area contributed by atoms with Gasteiger partial charge in [0.15, 0.2) is 34.5 Å². The molecular weight excluding hydrogens is 2370 g/mol. The van der Waals surface area contributed by atoms with E-state index in [2.05, 4.69) is 94.9 Å². The van der Waals surface area contributed by atoms with Gasteiger partial charge in [0.05, 0.1) is 50.2 Å². The molecule has 27 aromatic rings. The Morgan fingerprint density at radius 1 is 0.218 bits per heavy atom. The maximum atomic E-state index is 11.2. The Morgan fingerprint density at radius 3 is 0.905 bits per heavy atom. The molecule has 9 heterocycles. The molecule has 0 saturated heterocycles. The molecule has 0 unspecified atom stereocenters. The number of imidazole rings is 3. The molecule has 0 saturated carbocycles. The van der Waals surface area contributed by atoms with Crippen LogP contribution >= 0.6 is 0 Å². The number of nitrogens with zero attached hydrogens (tertiary/aromatic N) is 9. The third-order valence-electron chi connectivity index (χ3n) is 25.6. The van der Waals surface area contributed by atoms with Gasteiger partial charge in [-0.2, -0.15) is 0 Å². The van der Waals surface area contributed by atoms with Crippen LogP contribution in [0.15, 0.2) is 469 Å². The summed E-state index contributed by atoms with van der Waals surface area (Å²) in [5.74, 6) is 0.706. The fourth-order valence-electron chi connectivity index (χ4n) is 18.8. The Kier molecular flexibility index (Phi) is 26.1. The number of pyridine rings is 3. The van der Waals surface area contributed by atoms with Crippen molar-refractivity contribution < 1.29 is 106 Å². The van der Waals surface area contributed by atoms with Crippen molar-refractivity contribution >= 4 is 98.9 Å². The molecule has 3 N–H and O–H groups in total. The maximum absolute atomic E-state index is 11.2. The van der Waals surface area contributed by atoms with Crippen molar-refractivity contribution in [1.29, 1.82) is 0 Å². The molecule has 0 aliphatic heterocycles. The van der Waals surface area contributed by atoms with E-state index >= 15 is 0 Å². The zero-order chi connectivity index (χ0) is 96.1. The molecule has 714 valence electrons. The predicted octanol–water partition coefficient (Wildman–Crippen LogP) is 31.8. The van der Waals surface area contributed by atoms with Crippen molar-refractivity contribution in [3.63, 3.8) is 0 Å². The number of phenolic OH excluding ortho intramolecular Hbond substituents is 3. The van der Waals surface area contributed by atoms with Crippen LogP contribution < -0.4 is 14.2 Å². The Hall–Kier alpha value is -17.9. The number of fused-ring (bicyclic) bond motifs is 12. The molecule has 0 aliphatic carbocycles. The van der Waals surface area contributed by atoms with E-state index in [0.717, 1.165) is 200 Å². The minimum absolute atomic E-state index is 0. The Morgan fingerprint density at radius 2 is 0.524 bits per heavy atom. The molecule has 0 aliphatic rings. The number of hydrogen-bond donors (Lipinski definition) is 3. The first kappa shape index (κ1) is 94.0. The van der Waals surface area contributed by atoms with Gasteiger partial charge < -0.3 is 42.8 Å². The summed E-state index contributed by atoms with van der Waals surface area (Å²) in [7, 11) is 0. The second-order valence-electron chi connectivity index (χ2n) is 34.6. The zero-order valence-corrected chi connectivity index (χ0v) is 84.4. The van der Waals surface area contributed by atoms with Gasteiger partial charge in [0.2, 0.25) is 0 Å². The van der Waals surface area contributed by atoms with Crippen LogP contribution in [0, 0.1) is 18.2 Å². The smallest absolute Gasteiger partial charge is 0.307 e. The monoisotopic (exact) mass is 2450 g/mol. The molecule has 147 heavy (non-hydrogen) atoms. The van der Waals surface area contributed by atoms with Crippen LogP contribution in [-0.4, -0.2) is 58.9 Å². The van der Waals surface area contributed by atoms with Gasteiger partial charge in [0.1, 0.15) is 33.5 Å². The number of furan rings is 3. The van der Waals surface area contributed by atoms with E-state index in [0.29, 0.717) is 34.8 Å². The van der Waals surface area contributed by atoms with Gasteiger partial charge in [-0.15, -0.1) is 83.4 Å². The summed E-state index contributed by atoms with van der Waals surface area (Å²) in [5, 5.41) is 38.6. The summed E-state index contributed by atoms with van der Waals surface area (Å²) in [6.45, 7) is 0. The predicted molar refractivity (Wildman–Crippen MR) is 568 cm³/mol. The number of ether oxygens (including phenoxy) is 3. The molecule has 0 bridgehead atoms. The average Bonchev–Trinajstić information content (AvgIpc) is 1.61. The summed E-state index contributed by atoms with van der Waals surface area (Å²) in [4.78, 5) is 29.2. The average molecular weight is 2450 g/mol. The number of hydrogen-bond acceptors (Lipinski definition) is 15. The molecule has 21 heteroatoms. The largest absolute Gasteiger partial charge is 0.504 e. The normalized spacial score (nSPS) is 11.2. The van der Waals surface area contributed by atoms with E-state index in [4.69, 9.17) is 47.4 Å². The van der Waals surface area contributed by atoms with E-state index in [1.165, 1.54) is 0 Å². The molecule has 18 aromatic carbocycles. The van der Waals surface area contributed by atoms with Gasteiger partial charge in [-0.05, 0) is 137 Å². The van der Waals surface area contributed by atoms with Crippen LogP contribution in [0.2, 0.25) is 0 Å². The second-order valence-corrected chi connectivity index (χ2v) is 34.6. The van der Waals surface area contributed by atoms with Crippen LogP contribution in [0.1, 0.15) is 0 Å². The van der Waals surface area contributed by atoms with Gasteiger partial charge in [-0.25, -0.2) is 15.0 Å². The summed E-state index contributed by atoms with van der Waals surface area (Å²) in [6, 6.07) is 155. The van der Waals surface area contributed by atoms with Gasteiger partial charge in [-0.3, -0.25) is 28.7 Å². The number of aromatic hydroxyl groups is 3. The standard InChI is InChI=1S/C48H30N3O3.C42H26N3O3.C36H22N3O3.3Pt/c52-43-30-45-40(39-19-10-11-22-44(39)53-45)29-46(43)54-48-50-47-38(20-12-21-42(47)51(48)37-17-8-3-9-18-37)35-25-34(32-15-6-2-7-16-32)26-36(27-35)41-28-33(23-24-49-41)31-13-4-1-5-14-31;46-37-26-39-34(33-17-7-8-20-38(33)47-39)25-40(37)48-42-44-41-32(18-10-19-36(41)45(42)31-15-5-2-6-16-31)29-13-9-14-30(23-29)35-24-28(21-22-43-35)27-11-3-1-4-12-27;40-31-22-33-28(27-14-4-5-18-32(27)41-33)21-34(31)42-36-38-35-26(15-9-17-30(35)39(36)25-12-2-1-3-13-25)23-10-8-11-24(20-23)29-16-6-7-19-37-29;;;/h1-26,28-30,52H;1-22,24-26,46H;1-19,21-22,40H;;;/q3*-1;;;. The van der Waals surface area contributed by atoms with Gasteiger partial charge in [0.25, 0.3) is 0 Å². The van der Waals surface area contributed by atoms with Crippen LogP contribution in [0.25, 0.3) is 217 Å². The first-order chi connectivity index (χ1) is 71.1. The summed E-state index contributed by atoms with van der Waals surface area (Å²) in [5.41, 5.74) is 28.4. The number of benzene rings is 18. The topological polar surface area (TPSA) is 220 Å². The minimum atomic E-state index is -0.0489. The fraction of sp³-hybridized carbons (Fsp3) is 0. The quantitative estimate of drug-likeness (QED) is 0.0680. The molecular formula is C126H78N9O9Pt3-3. The summed E-state index contributed by atoms with van der Waals surface area (Å²) in [6.07, 6.45) is 5.47. The first-order valence-electron chi connectivity index (χ1n) is 46.9. The third-order valence-corrected chi connectivity index (χ3v) is 25.6. The Balaban J connectivity index is 0.000000125. The number of rotatable bonds is 18. The van der Waals surface area contributed by atoms with Crippen LogP contribution in [0.3, 0.4) is 0 Å². The van der Waals surface area contributed by atoms with Crippen molar-refractivity contribution in [1.82, 2.24) is 43.6 Å². The van der Waals surface area contributed by atoms with Crippen molar-refractivity contribution in [2.45, 2.75) is 0 Å². The molecule has 0 atom stereocenters. The second kappa shape index (κ2) is 40.8. The fourth-order valence-corrected chi connectivity index (χ4v) is 18.8. The van der Waals surface area contributed by atoms with E-state index < -0.39 is 0 Å². The summed E-state index contributed by atoms with van der Waals surface area (Å²) >= 11 is 0. The third kappa shape index (κ3) is 18.4.